The number of carbonyl (C=O) groups is 1. The molecule has 2 aliphatic heterocycles. The molecule has 34 heavy (non-hydrogen) atoms. The summed E-state index contributed by atoms with van der Waals surface area (Å²) in [6.45, 7) is 4.26. The van der Waals surface area contributed by atoms with Gasteiger partial charge in [0.15, 0.2) is 11.5 Å². The molecule has 5 aliphatic rings. The number of hydrogen-bond acceptors (Lipinski definition) is 5. The number of ether oxygens (including phenoxy) is 2. The van der Waals surface area contributed by atoms with Gasteiger partial charge in [-0.1, -0.05) is 25.8 Å². The van der Waals surface area contributed by atoms with E-state index in [0.717, 1.165) is 69.0 Å². The third-order valence-corrected chi connectivity index (χ3v) is 9.82. The van der Waals surface area contributed by atoms with Gasteiger partial charge in [0.05, 0.1) is 24.2 Å². The van der Waals surface area contributed by atoms with E-state index in [1.54, 1.807) is 7.11 Å². The Morgan fingerprint density at radius 2 is 2.09 bits per heavy atom. The zero-order valence-electron chi connectivity index (χ0n) is 21.0. The molecule has 6 rings (SSSR count). The SMILES string of the molecule is CCCCCC(=O)N(C)C1CC[C@@]2(O)[C@H]3Cc4ccc(OC)c5c4[C@@]2(CCN3CC2CC2)[C@H]1O5. The van der Waals surface area contributed by atoms with Gasteiger partial charge in [0.1, 0.15) is 6.10 Å². The molecule has 1 spiro atoms. The molecule has 2 heterocycles. The Kier molecular flexibility index (Phi) is 5.41. The van der Waals surface area contributed by atoms with Gasteiger partial charge in [0.25, 0.3) is 0 Å². The molecule has 1 aromatic rings. The van der Waals surface area contributed by atoms with Crippen LogP contribution in [0.4, 0.5) is 0 Å². The Morgan fingerprint density at radius 1 is 1.26 bits per heavy atom. The number of nitrogens with zero attached hydrogens (tertiary/aromatic N) is 2. The number of benzene rings is 1. The first-order valence-electron chi connectivity index (χ1n) is 13.5. The number of hydrogen-bond donors (Lipinski definition) is 1. The second-order valence-corrected chi connectivity index (χ2v) is 11.5. The highest BCUT2D eigenvalue weighted by Gasteiger charge is 2.73. The van der Waals surface area contributed by atoms with Gasteiger partial charge in [-0.05, 0) is 69.0 Å². The minimum atomic E-state index is -0.835. The first-order valence-corrected chi connectivity index (χ1v) is 13.5. The average Bonchev–Trinajstić information content (AvgIpc) is 3.58. The number of piperidine rings is 1. The van der Waals surface area contributed by atoms with Gasteiger partial charge in [-0.2, -0.15) is 0 Å². The van der Waals surface area contributed by atoms with E-state index in [1.807, 2.05) is 18.0 Å². The molecule has 1 saturated heterocycles. The lowest BCUT2D eigenvalue weighted by atomic mass is 9.48. The van der Waals surface area contributed by atoms with Crippen molar-refractivity contribution in [1.82, 2.24) is 9.80 Å². The van der Waals surface area contributed by atoms with Crippen LogP contribution in [0.15, 0.2) is 12.1 Å². The lowest BCUT2D eigenvalue weighted by Crippen LogP contribution is -2.78. The predicted molar refractivity (Wildman–Crippen MR) is 130 cm³/mol. The summed E-state index contributed by atoms with van der Waals surface area (Å²) in [4.78, 5) is 17.7. The molecule has 0 aromatic heterocycles. The van der Waals surface area contributed by atoms with Gasteiger partial charge in [0, 0.05) is 31.6 Å². The third kappa shape index (κ3) is 3.03. The maximum atomic E-state index is 13.2. The van der Waals surface area contributed by atoms with E-state index >= 15 is 0 Å². The fraction of sp³-hybridized carbons (Fsp3) is 0.750. The van der Waals surface area contributed by atoms with Crippen molar-refractivity contribution < 1.29 is 19.4 Å². The Hall–Kier alpha value is -1.79. The van der Waals surface area contributed by atoms with Crippen LogP contribution in [0.1, 0.15) is 75.8 Å². The van der Waals surface area contributed by atoms with E-state index in [9.17, 15) is 9.90 Å². The number of methoxy groups -OCH3 is 1. The minimum absolute atomic E-state index is 0.0342. The first kappa shape index (κ1) is 22.7. The lowest BCUT2D eigenvalue weighted by Gasteiger charge is -2.64. The second kappa shape index (κ2) is 8.12. The molecule has 6 heteroatoms. The van der Waals surface area contributed by atoms with E-state index in [0.29, 0.717) is 12.8 Å². The van der Waals surface area contributed by atoms with Gasteiger partial charge >= 0.3 is 0 Å². The fourth-order valence-electron chi connectivity index (χ4n) is 7.89. The molecule has 186 valence electrons. The van der Waals surface area contributed by atoms with Crippen molar-refractivity contribution in [2.45, 2.75) is 100 Å². The van der Waals surface area contributed by atoms with Crippen molar-refractivity contribution in [2.24, 2.45) is 5.92 Å². The van der Waals surface area contributed by atoms with Crippen LogP contribution in [0.5, 0.6) is 11.5 Å². The monoisotopic (exact) mass is 468 g/mol. The number of rotatable bonds is 8. The molecule has 3 aliphatic carbocycles. The maximum absolute atomic E-state index is 13.2. The van der Waals surface area contributed by atoms with Gasteiger partial charge in [-0.25, -0.2) is 0 Å². The highest BCUT2D eigenvalue weighted by molar-refractivity contribution is 5.76. The van der Waals surface area contributed by atoms with Crippen LogP contribution in [0.3, 0.4) is 0 Å². The van der Waals surface area contributed by atoms with Gasteiger partial charge in [0.2, 0.25) is 5.91 Å². The van der Waals surface area contributed by atoms with Crippen molar-refractivity contribution in [3.05, 3.63) is 23.3 Å². The van der Waals surface area contributed by atoms with Crippen LogP contribution in [0, 0.1) is 5.92 Å². The quantitative estimate of drug-likeness (QED) is 0.590. The Morgan fingerprint density at radius 3 is 2.82 bits per heavy atom. The zero-order valence-corrected chi connectivity index (χ0v) is 21.0. The van der Waals surface area contributed by atoms with E-state index in [2.05, 4.69) is 17.9 Å². The zero-order chi connectivity index (χ0) is 23.7. The molecule has 1 unspecified atom stereocenters. The summed E-state index contributed by atoms with van der Waals surface area (Å²) in [6, 6.07) is 4.31. The van der Waals surface area contributed by atoms with Gasteiger partial charge in [-0.3, -0.25) is 9.69 Å². The molecule has 1 aromatic carbocycles. The summed E-state index contributed by atoms with van der Waals surface area (Å²) >= 11 is 0. The molecule has 0 radical (unpaired) electrons. The van der Waals surface area contributed by atoms with Crippen LogP contribution in [-0.2, 0) is 16.6 Å². The number of aliphatic hydroxyl groups is 1. The molecule has 1 amide bonds. The highest BCUT2D eigenvalue weighted by atomic mass is 16.5. The standard InChI is InChI=1S/C28H40N2O4/c1-4-5-6-7-23(31)29(2)20-12-13-28(32)22-16-19-10-11-21(33-3)25-24(19)27(28,26(20)34-25)14-15-30(22)17-18-8-9-18/h10-11,18,20,22,26,32H,4-9,12-17H2,1-3H3/t20?,22-,26+,27+,28-/m1/s1. The van der Waals surface area contributed by atoms with Gasteiger partial charge < -0.3 is 19.5 Å². The van der Waals surface area contributed by atoms with E-state index in [1.165, 1.54) is 24.0 Å². The van der Waals surface area contributed by atoms with E-state index < -0.39 is 11.0 Å². The second-order valence-electron chi connectivity index (χ2n) is 11.5. The number of likely N-dealkylation sites (N-methyl/N-ethyl adjacent to an activating group) is 1. The van der Waals surface area contributed by atoms with E-state index in [-0.39, 0.29) is 24.1 Å². The van der Waals surface area contributed by atoms with Crippen LogP contribution in [-0.4, -0.2) is 71.8 Å². The Labute approximate surface area is 203 Å². The number of likely N-dealkylation sites (tertiary alicyclic amines) is 1. The first-order chi connectivity index (χ1) is 16.4. The number of amides is 1. The summed E-state index contributed by atoms with van der Waals surface area (Å²) in [7, 11) is 3.64. The topological polar surface area (TPSA) is 62.2 Å². The van der Waals surface area contributed by atoms with Crippen molar-refractivity contribution in [3.63, 3.8) is 0 Å². The van der Waals surface area contributed by atoms with Gasteiger partial charge in [-0.15, -0.1) is 0 Å². The summed E-state index contributed by atoms with van der Waals surface area (Å²) in [6.07, 6.45) is 9.35. The Bertz CT molecular complexity index is 977. The fourth-order valence-corrected chi connectivity index (χ4v) is 7.89. The molecular formula is C28H40N2O4. The molecule has 6 nitrogen and oxygen atoms in total. The average molecular weight is 469 g/mol. The van der Waals surface area contributed by atoms with E-state index in [4.69, 9.17) is 9.47 Å². The molecule has 2 bridgehead atoms. The largest absolute Gasteiger partial charge is 0.493 e. The van der Waals surface area contributed by atoms with Crippen LogP contribution >= 0.6 is 0 Å². The van der Waals surface area contributed by atoms with Crippen LogP contribution in [0.2, 0.25) is 0 Å². The maximum Gasteiger partial charge on any atom is 0.222 e. The summed E-state index contributed by atoms with van der Waals surface area (Å²) in [5, 5.41) is 12.6. The van der Waals surface area contributed by atoms with Crippen molar-refractivity contribution in [3.8, 4) is 11.5 Å². The molecule has 2 saturated carbocycles. The summed E-state index contributed by atoms with van der Waals surface area (Å²) < 4.78 is 12.5. The molecule has 3 fully saturated rings. The smallest absolute Gasteiger partial charge is 0.222 e. The van der Waals surface area contributed by atoms with Crippen molar-refractivity contribution in [2.75, 3.05) is 27.2 Å². The van der Waals surface area contributed by atoms with Crippen LogP contribution in [0.25, 0.3) is 0 Å². The number of carbonyl (C=O) groups excluding carboxylic acids is 1. The summed E-state index contributed by atoms with van der Waals surface area (Å²) in [5.74, 6) is 2.56. The number of unbranched alkanes of at least 4 members (excludes halogenated alkanes) is 2. The summed E-state index contributed by atoms with van der Waals surface area (Å²) in [5.41, 5.74) is 1.16. The Balaban J connectivity index is 1.41. The minimum Gasteiger partial charge on any atom is -0.493 e. The molecule has 1 N–H and O–H groups in total. The normalized spacial score (nSPS) is 35.5. The highest BCUT2D eigenvalue weighted by Crippen LogP contribution is 2.66. The molecular weight excluding hydrogens is 428 g/mol. The van der Waals surface area contributed by atoms with Crippen molar-refractivity contribution in [1.29, 1.82) is 0 Å². The third-order valence-electron chi connectivity index (χ3n) is 9.82. The van der Waals surface area contributed by atoms with Crippen molar-refractivity contribution >= 4 is 5.91 Å². The lowest BCUT2D eigenvalue weighted by molar-refractivity contribution is -0.200. The predicted octanol–water partition coefficient (Wildman–Crippen LogP) is 3.67. The molecule has 5 atom stereocenters. The van der Waals surface area contributed by atoms with Crippen LogP contribution < -0.4 is 9.47 Å².